The van der Waals surface area contributed by atoms with Crippen molar-refractivity contribution in [2.24, 2.45) is 0 Å². The van der Waals surface area contributed by atoms with Gasteiger partial charge in [0.15, 0.2) is 6.35 Å². The predicted molar refractivity (Wildman–Crippen MR) is 85.9 cm³/mol. The summed E-state index contributed by atoms with van der Waals surface area (Å²) < 4.78 is 16.4. The van der Waals surface area contributed by atoms with Crippen LogP contribution in [0.1, 0.15) is 27.7 Å². The van der Waals surface area contributed by atoms with Crippen molar-refractivity contribution in [1.82, 2.24) is 10.3 Å². The third-order valence-electron chi connectivity index (χ3n) is 3.46. The zero-order valence-electron chi connectivity index (χ0n) is 12.3. The molecule has 9 heteroatoms. The number of hydrogen-bond acceptors (Lipinski definition) is 5. The topological polar surface area (TPSA) is 109 Å². The van der Waals surface area contributed by atoms with Crippen LogP contribution in [-0.2, 0) is 11.0 Å². The van der Waals surface area contributed by atoms with Gasteiger partial charge in [-0.3, -0.25) is 9.36 Å². The van der Waals surface area contributed by atoms with Gasteiger partial charge in [0.25, 0.3) is 5.91 Å². The normalized spacial score (nSPS) is 12.7. The number of rotatable bonds is 5. The van der Waals surface area contributed by atoms with Crippen molar-refractivity contribution >= 4 is 24.8 Å². The van der Waals surface area contributed by atoms with Gasteiger partial charge in [-0.15, -0.1) is 11.3 Å². The lowest BCUT2D eigenvalue weighted by atomic mass is 10.0. The highest BCUT2D eigenvalue weighted by molar-refractivity contribution is 7.51. The van der Waals surface area contributed by atoms with E-state index in [1.165, 1.54) is 11.3 Å². The van der Waals surface area contributed by atoms with Gasteiger partial charge >= 0.3 is 7.60 Å². The van der Waals surface area contributed by atoms with Gasteiger partial charge in [0, 0.05) is 29.0 Å². The zero-order chi connectivity index (χ0) is 16.6. The summed E-state index contributed by atoms with van der Waals surface area (Å²) in [4.78, 5) is 35.5. The van der Waals surface area contributed by atoms with E-state index in [2.05, 4.69) is 10.3 Å². The van der Waals surface area contributed by atoms with Crippen LogP contribution in [0.15, 0.2) is 17.6 Å². The number of hydrogen-bond donors (Lipinski definition) is 3. The summed E-state index contributed by atoms with van der Waals surface area (Å²) >= 11 is 1.48. The number of carbonyl (C=O) groups excluding carboxylic acids is 1. The molecule has 1 aliphatic rings. The largest absolute Gasteiger partial charge is 0.480 e. The first-order valence-electron chi connectivity index (χ1n) is 6.95. The fourth-order valence-electron chi connectivity index (χ4n) is 2.57. The summed E-state index contributed by atoms with van der Waals surface area (Å²) in [6.45, 7) is 2.36. The monoisotopic (exact) mass is 354 g/mol. The van der Waals surface area contributed by atoms with Gasteiger partial charge in [-0.1, -0.05) is 0 Å². The summed E-state index contributed by atoms with van der Waals surface area (Å²) in [6.07, 6.45) is -0.145. The maximum atomic E-state index is 12.2. The van der Waals surface area contributed by atoms with Crippen LogP contribution in [-0.4, -0.2) is 33.6 Å². The summed E-state index contributed by atoms with van der Waals surface area (Å²) in [7, 11) is -4.29. The molecule has 1 aromatic carbocycles. The van der Waals surface area contributed by atoms with Crippen molar-refractivity contribution in [3.63, 3.8) is 0 Å². The second-order valence-corrected chi connectivity index (χ2v) is 7.59. The smallest absolute Gasteiger partial charge is 0.362 e. The Labute approximate surface area is 136 Å². The van der Waals surface area contributed by atoms with Crippen molar-refractivity contribution in [3.05, 3.63) is 33.6 Å². The highest BCUT2D eigenvalue weighted by Gasteiger charge is 2.30. The average Bonchev–Trinajstić information content (AvgIpc) is 3.04. The van der Waals surface area contributed by atoms with Crippen LogP contribution in [0.25, 0.3) is 11.3 Å². The Kier molecular flexibility index (Phi) is 4.25. The maximum absolute atomic E-state index is 12.2. The summed E-state index contributed by atoms with van der Waals surface area (Å²) in [5.41, 5.74) is 4.40. The Bertz CT molecular complexity index is 813. The number of amides is 1. The summed E-state index contributed by atoms with van der Waals surface area (Å²) in [5.74, 6) is 0.154. The highest BCUT2D eigenvalue weighted by atomic mass is 32.1. The van der Waals surface area contributed by atoms with Crippen LogP contribution in [0.2, 0.25) is 0 Å². The number of thiazole rings is 1. The fourth-order valence-corrected chi connectivity index (χ4v) is 3.66. The van der Waals surface area contributed by atoms with Gasteiger partial charge in [0.05, 0.1) is 11.2 Å². The van der Waals surface area contributed by atoms with Crippen molar-refractivity contribution < 1.29 is 23.9 Å². The van der Waals surface area contributed by atoms with Gasteiger partial charge < -0.3 is 19.8 Å². The van der Waals surface area contributed by atoms with Gasteiger partial charge in [-0.05, 0) is 24.6 Å². The minimum atomic E-state index is -4.29. The average molecular weight is 354 g/mol. The Morgan fingerprint density at radius 1 is 1.48 bits per heavy atom. The van der Waals surface area contributed by atoms with E-state index in [4.69, 9.17) is 14.5 Å². The molecular formula is C14H15N2O5PS. The molecule has 122 valence electrons. The molecule has 0 saturated carbocycles. The van der Waals surface area contributed by atoms with Gasteiger partial charge in [0.1, 0.15) is 5.75 Å². The molecule has 1 amide bonds. The molecule has 7 nitrogen and oxygen atoms in total. The number of aromatic nitrogens is 1. The molecule has 1 aromatic heterocycles. The molecule has 0 unspecified atom stereocenters. The minimum absolute atomic E-state index is 0.180. The molecule has 3 rings (SSSR count). The van der Waals surface area contributed by atoms with Crippen LogP contribution in [0.4, 0.5) is 0 Å². The Hall–Kier alpha value is -1.73. The van der Waals surface area contributed by atoms with E-state index in [1.54, 1.807) is 17.6 Å². The van der Waals surface area contributed by atoms with Crippen molar-refractivity contribution in [2.45, 2.75) is 13.3 Å². The molecule has 0 atom stereocenters. The van der Waals surface area contributed by atoms with E-state index in [1.807, 2.05) is 6.92 Å². The predicted octanol–water partition coefficient (Wildman–Crippen LogP) is 1.98. The number of ether oxygens (including phenoxy) is 1. The summed E-state index contributed by atoms with van der Waals surface area (Å²) in [6, 6.07) is 3.18. The SMILES string of the molecule is CCNC(=O)c1ccc(OCP(=O)(O)O)c2c1Cc1scnc1-2. The fraction of sp³-hybridized carbons (Fsp3) is 0.286. The van der Waals surface area contributed by atoms with E-state index in [-0.39, 0.29) is 5.91 Å². The zero-order valence-corrected chi connectivity index (χ0v) is 14.0. The van der Waals surface area contributed by atoms with Gasteiger partial charge in [-0.25, -0.2) is 4.98 Å². The molecule has 0 bridgehead atoms. The standard InChI is InChI=1S/C14H15N2O5PS/c1-2-15-14(17)8-3-4-10(21-7-22(18,19)20)12-9(8)5-11-13(12)16-6-23-11/h3-4,6H,2,5,7H2,1H3,(H,15,17)(H2,18,19,20). The molecule has 23 heavy (non-hydrogen) atoms. The lowest BCUT2D eigenvalue weighted by molar-refractivity contribution is 0.0955. The third kappa shape index (κ3) is 3.16. The summed E-state index contributed by atoms with van der Waals surface area (Å²) in [5, 5.41) is 2.76. The minimum Gasteiger partial charge on any atom is -0.480 e. The number of nitrogens with zero attached hydrogens (tertiary/aromatic N) is 1. The van der Waals surface area contributed by atoms with E-state index >= 15 is 0 Å². The maximum Gasteiger partial charge on any atom is 0.362 e. The van der Waals surface area contributed by atoms with Crippen LogP contribution in [0.5, 0.6) is 5.75 Å². The molecule has 1 aliphatic carbocycles. The van der Waals surface area contributed by atoms with Crippen molar-refractivity contribution in [3.8, 4) is 17.0 Å². The van der Waals surface area contributed by atoms with Crippen LogP contribution in [0.3, 0.4) is 0 Å². The quantitative estimate of drug-likeness (QED) is 0.605. The first-order chi connectivity index (χ1) is 10.9. The van der Waals surface area contributed by atoms with E-state index in [0.717, 1.165) is 16.1 Å². The number of fused-ring (bicyclic) bond motifs is 3. The van der Waals surface area contributed by atoms with Crippen molar-refractivity contribution in [1.29, 1.82) is 0 Å². The van der Waals surface area contributed by atoms with Crippen LogP contribution >= 0.6 is 18.9 Å². The Morgan fingerprint density at radius 3 is 2.96 bits per heavy atom. The van der Waals surface area contributed by atoms with E-state index < -0.39 is 13.9 Å². The van der Waals surface area contributed by atoms with Gasteiger partial charge in [0.2, 0.25) is 0 Å². The molecule has 3 N–H and O–H groups in total. The molecule has 0 radical (unpaired) electrons. The lowest BCUT2D eigenvalue weighted by Crippen LogP contribution is -2.24. The molecule has 0 fully saturated rings. The first kappa shape index (κ1) is 16.1. The third-order valence-corrected chi connectivity index (χ3v) is 4.76. The number of nitrogens with one attached hydrogen (secondary N) is 1. The van der Waals surface area contributed by atoms with Gasteiger partial charge in [-0.2, -0.15) is 0 Å². The van der Waals surface area contributed by atoms with Crippen LogP contribution in [0, 0.1) is 0 Å². The molecular weight excluding hydrogens is 339 g/mol. The second-order valence-electron chi connectivity index (χ2n) is 5.06. The molecule has 0 saturated heterocycles. The van der Waals surface area contributed by atoms with E-state index in [9.17, 15) is 9.36 Å². The van der Waals surface area contributed by atoms with E-state index in [0.29, 0.717) is 29.8 Å². The molecule has 2 aromatic rings. The highest BCUT2D eigenvalue weighted by Crippen LogP contribution is 2.46. The number of carbonyl (C=O) groups is 1. The molecule has 0 aliphatic heterocycles. The number of benzene rings is 1. The van der Waals surface area contributed by atoms with Crippen molar-refractivity contribution in [2.75, 3.05) is 12.9 Å². The lowest BCUT2D eigenvalue weighted by Gasteiger charge is -2.14. The van der Waals surface area contributed by atoms with Crippen LogP contribution < -0.4 is 10.1 Å². The molecule has 1 heterocycles. The first-order valence-corrected chi connectivity index (χ1v) is 9.62. The molecule has 0 spiro atoms. The Morgan fingerprint density at radius 2 is 2.26 bits per heavy atom. The Balaban J connectivity index is 2.05. The second kappa shape index (κ2) is 6.05.